The van der Waals surface area contributed by atoms with Gasteiger partial charge in [-0.15, -0.1) is 0 Å². The molecule has 126 valence electrons. The maximum atomic E-state index is 6.14. The van der Waals surface area contributed by atoms with Gasteiger partial charge in [-0.3, -0.25) is 5.32 Å². The molecule has 2 N–H and O–H groups in total. The Morgan fingerprint density at radius 1 is 1.04 bits per heavy atom. The summed E-state index contributed by atoms with van der Waals surface area (Å²) >= 11 is 7.72. The van der Waals surface area contributed by atoms with E-state index in [9.17, 15) is 0 Å². The summed E-state index contributed by atoms with van der Waals surface area (Å²) in [5.74, 6) is 1.30. The second-order valence-corrected chi connectivity index (χ2v) is 6.11. The summed E-state index contributed by atoms with van der Waals surface area (Å²) < 4.78 is 10.7. The summed E-state index contributed by atoms with van der Waals surface area (Å²) in [5.41, 5.74) is 2.94. The van der Waals surface area contributed by atoms with Gasteiger partial charge in [-0.05, 0) is 0 Å². The van der Waals surface area contributed by atoms with E-state index >= 15 is 0 Å². The Morgan fingerprint density at radius 3 is 2.42 bits per heavy atom. The quantitative estimate of drug-likeness (QED) is 0.618. The van der Waals surface area contributed by atoms with Crippen molar-refractivity contribution in [1.82, 2.24) is 4.98 Å². The zero-order valence-corrected chi connectivity index (χ0v) is 16.3. The van der Waals surface area contributed by atoms with E-state index in [-0.39, 0.29) is 17.0 Å². The van der Waals surface area contributed by atoms with Gasteiger partial charge in [0.05, 0.1) is 24.9 Å². The molecule has 0 fully saturated rings. The van der Waals surface area contributed by atoms with Crippen LogP contribution in [0.5, 0.6) is 11.5 Å². The van der Waals surface area contributed by atoms with Crippen LogP contribution in [0.2, 0.25) is 5.02 Å². The minimum Gasteiger partial charge on any atom is -1.00 e. The normalized spacial score (nSPS) is 10.1. The van der Waals surface area contributed by atoms with E-state index in [1.807, 2.05) is 47.1 Å². The Labute approximate surface area is 160 Å². The standard InChI is InChI=1S/C17H15ClN2O2S.BrH/c1-21-15-9-13(16(22-2)8-12(15)18)19-17-20-14(10-23-17)11-6-4-3-5-7-11;/h3-10H,1-2H3,(H,19,20);1H. The SMILES string of the molecule is COc1cc([NH2+]c2nc(-c3ccccc3)cs2)c(OC)cc1Cl.[Br-]. The van der Waals surface area contributed by atoms with Gasteiger partial charge < -0.3 is 26.5 Å². The number of benzene rings is 2. The Bertz CT molecular complexity index is 812. The van der Waals surface area contributed by atoms with Crippen LogP contribution in [-0.4, -0.2) is 19.2 Å². The summed E-state index contributed by atoms with van der Waals surface area (Å²) in [6, 6.07) is 13.7. The Kier molecular flexibility index (Phi) is 6.62. The van der Waals surface area contributed by atoms with Crippen molar-refractivity contribution in [3.05, 3.63) is 52.9 Å². The van der Waals surface area contributed by atoms with Gasteiger partial charge in [-0.1, -0.05) is 53.3 Å². The van der Waals surface area contributed by atoms with Crippen LogP contribution in [0, 0.1) is 0 Å². The second kappa shape index (κ2) is 8.48. The van der Waals surface area contributed by atoms with Crippen molar-refractivity contribution in [3.63, 3.8) is 0 Å². The Morgan fingerprint density at radius 2 is 1.75 bits per heavy atom. The highest BCUT2D eigenvalue weighted by Gasteiger charge is 2.16. The zero-order chi connectivity index (χ0) is 16.2. The number of hydrogen-bond acceptors (Lipinski definition) is 4. The maximum absolute atomic E-state index is 6.14. The van der Waals surface area contributed by atoms with E-state index < -0.39 is 0 Å². The topological polar surface area (TPSA) is 48.0 Å². The number of nitrogens with zero attached hydrogens (tertiary/aromatic N) is 1. The highest BCUT2D eigenvalue weighted by molar-refractivity contribution is 7.13. The number of ether oxygens (including phenoxy) is 2. The van der Waals surface area contributed by atoms with Crippen LogP contribution in [0.1, 0.15) is 0 Å². The monoisotopic (exact) mass is 426 g/mol. The average molecular weight is 428 g/mol. The van der Waals surface area contributed by atoms with Crippen molar-refractivity contribution < 1.29 is 31.8 Å². The van der Waals surface area contributed by atoms with Crippen molar-refractivity contribution in [3.8, 4) is 22.8 Å². The van der Waals surface area contributed by atoms with Crippen molar-refractivity contribution in [2.24, 2.45) is 0 Å². The molecular weight excluding hydrogens is 412 g/mol. The van der Waals surface area contributed by atoms with Crippen LogP contribution in [-0.2, 0) is 0 Å². The number of halogens is 2. The minimum absolute atomic E-state index is 0. The summed E-state index contributed by atoms with van der Waals surface area (Å²) in [6.07, 6.45) is 0. The lowest BCUT2D eigenvalue weighted by Crippen LogP contribution is -3.00. The molecule has 24 heavy (non-hydrogen) atoms. The molecule has 3 aromatic rings. The van der Waals surface area contributed by atoms with Gasteiger partial charge in [-0.2, -0.15) is 4.98 Å². The van der Waals surface area contributed by atoms with Crippen LogP contribution in [0.3, 0.4) is 0 Å². The van der Waals surface area contributed by atoms with Gasteiger partial charge in [0.15, 0.2) is 11.4 Å². The van der Waals surface area contributed by atoms with E-state index in [2.05, 4.69) is 4.98 Å². The molecule has 2 aromatic carbocycles. The highest BCUT2D eigenvalue weighted by atomic mass is 79.9. The molecule has 0 aliphatic rings. The van der Waals surface area contributed by atoms with E-state index in [1.165, 1.54) is 0 Å². The van der Waals surface area contributed by atoms with Crippen LogP contribution in [0.4, 0.5) is 10.8 Å². The molecule has 0 bridgehead atoms. The third-order valence-corrected chi connectivity index (χ3v) is 4.46. The van der Waals surface area contributed by atoms with Crippen LogP contribution in [0.25, 0.3) is 11.3 Å². The lowest BCUT2D eigenvalue weighted by atomic mass is 10.2. The van der Waals surface area contributed by atoms with Gasteiger partial charge in [0, 0.05) is 23.1 Å². The molecule has 0 saturated carbocycles. The van der Waals surface area contributed by atoms with Gasteiger partial charge >= 0.3 is 0 Å². The summed E-state index contributed by atoms with van der Waals surface area (Å²) in [5, 5.41) is 5.42. The van der Waals surface area contributed by atoms with E-state index in [0.717, 1.165) is 22.1 Å². The molecule has 0 atom stereocenters. The average Bonchev–Trinajstić information content (AvgIpc) is 3.05. The van der Waals surface area contributed by atoms with Crippen molar-refractivity contribution in [1.29, 1.82) is 0 Å². The number of methoxy groups -OCH3 is 2. The minimum atomic E-state index is 0. The lowest BCUT2D eigenvalue weighted by Gasteiger charge is -2.08. The number of aromatic nitrogens is 1. The number of hydrogen-bond donors (Lipinski definition) is 1. The first-order valence-corrected chi connectivity index (χ1v) is 8.24. The number of quaternary nitrogens is 1. The van der Waals surface area contributed by atoms with Crippen LogP contribution >= 0.6 is 22.9 Å². The third kappa shape index (κ3) is 4.08. The van der Waals surface area contributed by atoms with Crippen LogP contribution < -0.4 is 31.8 Å². The molecule has 0 saturated heterocycles. The molecule has 0 aliphatic carbocycles. The van der Waals surface area contributed by atoms with Gasteiger partial charge in [0.1, 0.15) is 5.75 Å². The highest BCUT2D eigenvalue weighted by Crippen LogP contribution is 2.34. The summed E-state index contributed by atoms with van der Waals surface area (Å²) in [7, 11) is 3.21. The third-order valence-electron chi connectivity index (χ3n) is 3.37. The van der Waals surface area contributed by atoms with Crippen molar-refractivity contribution in [2.75, 3.05) is 14.2 Å². The number of rotatable bonds is 5. The van der Waals surface area contributed by atoms with E-state index in [0.29, 0.717) is 16.5 Å². The van der Waals surface area contributed by atoms with Gasteiger partial charge in [0.25, 0.3) is 5.13 Å². The number of nitrogens with two attached hydrogens (primary N) is 1. The Hall–Kier alpha value is -1.60. The molecule has 0 unspecified atom stereocenters. The Balaban J connectivity index is 0.00000208. The largest absolute Gasteiger partial charge is 1.00 e. The maximum Gasteiger partial charge on any atom is 0.288 e. The first kappa shape index (κ1) is 18.7. The summed E-state index contributed by atoms with van der Waals surface area (Å²) in [4.78, 5) is 4.66. The van der Waals surface area contributed by atoms with E-state index in [4.69, 9.17) is 21.1 Å². The molecule has 7 heteroatoms. The lowest BCUT2D eigenvalue weighted by molar-refractivity contribution is -0.478. The first-order chi connectivity index (χ1) is 11.2. The molecule has 1 aromatic heterocycles. The molecule has 0 spiro atoms. The molecule has 1 heterocycles. The molecule has 0 amide bonds. The molecule has 3 rings (SSSR count). The fourth-order valence-corrected chi connectivity index (χ4v) is 3.22. The smallest absolute Gasteiger partial charge is 0.288 e. The first-order valence-electron chi connectivity index (χ1n) is 6.98. The molecule has 4 nitrogen and oxygen atoms in total. The van der Waals surface area contributed by atoms with Gasteiger partial charge in [0.2, 0.25) is 0 Å². The predicted octanol–water partition coefficient (Wildman–Crippen LogP) is 1.01. The van der Waals surface area contributed by atoms with Gasteiger partial charge in [-0.25, -0.2) is 0 Å². The number of thiazole rings is 1. The zero-order valence-electron chi connectivity index (χ0n) is 13.1. The fraction of sp³-hybridized carbons (Fsp3) is 0.118. The molecular formula is C17H16BrClN2O2S. The second-order valence-electron chi connectivity index (χ2n) is 4.81. The summed E-state index contributed by atoms with van der Waals surface area (Å²) in [6.45, 7) is 0. The van der Waals surface area contributed by atoms with Crippen LogP contribution in [0.15, 0.2) is 47.8 Å². The van der Waals surface area contributed by atoms with Crippen molar-refractivity contribution >= 4 is 33.8 Å². The molecule has 0 aliphatic heterocycles. The predicted molar refractivity (Wildman–Crippen MR) is 93.4 cm³/mol. The molecule has 0 radical (unpaired) electrons. The van der Waals surface area contributed by atoms with Crippen molar-refractivity contribution in [2.45, 2.75) is 0 Å². The fourth-order valence-electron chi connectivity index (χ4n) is 2.23. The van der Waals surface area contributed by atoms with E-state index in [1.54, 1.807) is 31.6 Å².